The quantitative estimate of drug-likeness (QED) is 0.733. The van der Waals surface area contributed by atoms with Crippen LogP contribution in [0.3, 0.4) is 0 Å². The SMILES string of the molecule is CNC(=O)c1ncc2c(n1)[nH]c(=O)n2Cc1ccccc1. The minimum absolute atomic E-state index is 0.0260. The highest BCUT2D eigenvalue weighted by Crippen LogP contribution is 2.09. The fourth-order valence-electron chi connectivity index (χ4n) is 2.09. The number of amides is 1. The molecule has 0 saturated heterocycles. The first kappa shape index (κ1) is 13.0. The molecule has 3 aromatic rings. The Bertz CT molecular complexity index is 851. The van der Waals surface area contributed by atoms with E-state index in [1.165, 1.54) is 17.8 Å². The number of hydrogen-bond donors (Lipinski definition) is 2. The Kier molecular flexibility index (Phi) is 3.23. The Balaban J connectivity index is 2.06. The molecule has 0 spiro atoms. The van der Waals surface area contributed by atoms with Crippen molar-refractivity contribution < 1.29 is 4.79 Å². The van der Waals surface area contributed by atoms with Crippen molar-refractivity contribution in [3.8, 4) is 0 Å². The van der Waals surface area contributed by atoms with E-state index in [4.69, 9.17) is 0 Å². The van der Waals surface area contributed by atoms with Gasteiger partial charge in [-0.15, -0.1) is 0 Å². The summed E-state index contributed by atoms with van der Waals surface area (Å²) in [5, 5.41) is 2.44. The van der Waals surface area contributed by atoms with Crippen LogP contribution in [-0.4, -0.2) is 32.5 Å². The van der Waals surface area contributed by atoms with Crippen LogP contribution >= 0.6 is 0 Å². The lowest BCUT2D eigenvalue weighted by atomic mass is 10.2. The fraction of sp³-hybridized carbons (Fsp3) is 0.143. The number of benzene rings is 1. The summed E-state index contributed by atoms with van der Waals surface area (Å²) < 4.78 is 1.54. The summed E-state index contributed by atoms with van der Waals surface area (Å²) >= 11 is 0. The van der Waals surface area contributed by atoms with E-state index in [1.54, 1.807) is 0 Å². The third-order valence-electron chi connectivity index (χ3n) is 3.14. The number of H-pyrrole nitrogens is 1. The van der Waals surface area contributed by atoms with Gasteiger partial charge in [-0.1, -0.05) is 30.3 Å². The van der Waals surface area contributed by atoms with Gasteiger partial charge >= 0.3 is 5.69 Å². The van der Waals surface area contributed by atoms with Crippen molar-refractivity contribution in [1.29, 1.82) is 0 Å². The maximum Gasteiger partial charge on any atom is 0.328 e. The summed E-state index contributed by atoms with van der Waals surface area (Å²) in [6, 6.07) is 9.61. The van der Waals surface area contributed by atoms with Crippen molar-refractivity contribution in [2.24, 2.45) is 0 Å². The maximum absolute atomic E-state index is 12.0. The van der Waals surface area contributed by atoms with Gasteiger partial charge in [0.1, 0.15) is 5.52 Å². The minimum atomic E-state index is -0.395. The fourth-order valence-corrected chi connectivity index (χ4v) is 2.09. The summed E-state index contributed by atoms with van der Waals surface area (Å²) in [7, 11) is 1.50. The summed E-state index contributed by atoms with van der Waals surface area (Å²) in [6.45, 7) is 0.419. The van der Waals surface area contributed by atoms with Crippen LogP contribution in [-0.2, 0) is 6.54 Å². The van der Waals surface area contributed by atoms with E-state index in [0.717, 1.165) is 5.56 Å². The first-order valence-corrected chi connectivity index (χ1v) is 6.40. The Morgan fingerprint density at radius 3 is 2.81 bits per heavy atom. The van der Waals surface area contributed by atoms with Crippen molar-refractivity contribution in [1.82, 2.24) is 24.8 Å². The average Bonchev–Trinajstić information content (AvgIpc) is 2.82. The molecule has 2 heterocycles. The van der Waals surface area contributed by atoms with Gasteiger partial charge in [-0.25, -0.2) is 14.8 Å². The van der Waals surface area contributed by atoms with Crippen LogP contribution in [0.2, 0.25) is 0 Å². The van der Waals surface area contributed by atoms with Gasteiger partial charge in [-0.3, -0.25) is 14.3 Å². The van der Waals surface area contributed by atoms with Gasteiger partial charge in [0.2, 0.25) is 5.82 Å². The van der Waals surface area contributed by atoms with Gasteiger partial charge < -0.3 is 5.32 Å². The standard InChI is InChI=1S/C14H13N5O2/c1-15-13(20)12-16-7-10-11(17-12)18-14(21)19(10)8-9-5-3-2-4-6-9/h2-7H,8H2,1H3,(H,15,20)(H,16,17,18,21). The number of nitrogens with one attached hydrogen (secondary N) is 2. The Morgan fingerprint density at radius 1 is 1.33 bits per heavy atom. The number of hydrogen-bond acceptors (Lipinski definition) is 4. The first-order chi connectivity index (χ1) is 10.2. The zero-order chi connectivity index (χ0) is 14.8. The van der Waals surface area contributed by atoms with Crippen LogP contribution in [0.1, 0.15) is 16.2 Å². The molecule has 3 rings (SSSR count). The second-order valence-electron chi connectivity index (χ2n) is 4.51. The van der Waals surface area contributed by atoms with Gasteiger partial charge in [0.25, 0.3) is 5.91 Å². The molecule has 2 N–H and O–H groups in total. The number of fused-ring (bicyclic) bond motifs is 1. The summed E-state index contributed by atoms with van der Waals surface area (Å²) in [5.41, 5.74) is 1.63. The molecule has 0 radical (unpaired) electrons. The molecule has 7 heteroatoms. The molecule has 0 aliphatic rings. The Hall–Kier alpha value is -2.96. The molecule has 0 fully saturated rings. The topological polar surface area (TPSA) is 92.7 Å². The van der Waals surface area contributed by atoms with E-state index >= 15 is 0 Å². The molecule has 0 aliphatic heterocycles. The zero-order valence-electron chi connectivity index (χ0n) is 11.3. The zero-order valence-corrected chi connectivity index (χ0v) is 11.3. The summed E-state index contributed by atoms with van der Waals surface area (Å²) in [5.74, 6) is -0.369. The molecule has 0 aliphatic carbocycles. The second kappa shape index (κ2) is 5.20. The second-order valence-corrected chi connectivity index (χ2v) is 4.51. The highest BCUT2D eigenvalue weighted by atomic mass is 16.2. The van der Waals surface area contributed by atoms with Gasteiger partial charge in [0, 0.05) is 7.05 Å². The number of nitrogens with zero attached hydrogens (tertiary/aromatic N) is 3. The predicted molar refractivity (Wildman–Crippen MR) is 77.1 cm³/mol. The van der Waals surface area contributed by atoms with Crippen molar-refractivity contribution >= 4 is 17.1 Å². The lowest BCUT2D eigenvalue weighted by Gasteiger charge is -2.03. The molecule has 1 aromatic carbocycles. The summed E-state index contributed by atoms with van der Waals surface area (Å²) in [6.07, 6.45) is 1.48. The third-order valence-corrected chi connectivity index (χ3v) is 3.14. The van der Waals surface area contributed by atoms with Crippen molar-refractivity contribution in [3.63, 3.8) is 0 Å². The van der Waals surface area contributed by atoms with Gasteiger partial charge in [-0.2, -0.15) is 0 Å². The van der Waals surface area contributed by atoms with Crippen molar-refractivity contribution in [2.45, 2.75) is 6.54 Å². The maximum atomic E-state index is 12.0. The average molecular weight is 283 g/mol. The van der Waals surface area contributed by atoms with Crippen LogP contribution in [0.4, 0.5) is 0 Å². The Labute approximate surface area is 119 Å². The molecule has 7 nitrogen and oxygen atoms in total. The smallest absolute Gasteiger partial charge is 0.328 e. The molecule has 0 saturated carbocycles. The monoisotopic (exact) mass is 283 g/mol. The van der Waals surface area contributed by atoms with E-state index in [9.17, 15) is 9.59 Å². The molecule has 0 bridgehead atoms. The molecule has 106 valence electrons. The van der Waals surface area contributed by atoms with Crippen LogP contribution in [0.25, 0.3) is 11.2 Å². The lowest BCUT2D eigenvalue weighted by Crippen LogP contribution is -2.20. The minimum Gasteiger partial charge on any atom is -0.352 e. The normalized spacial score (nSPS) is 10.7. The molecule has 0 unspecified atom stereocenters. The van der Waals surface area contributed by atoms with Crippen LogP contribution in [0.5, 0.6) is 0 Å². The molecule has 1 amide bonds. The number of aromatic nitrogens is 4. The molecule has 0 atom stereocenters. The highest BCUT2D eigenvalue weighted by molar-refractivity contribution is 5.91. The highest BCUT2D eigenvalue weighted by Gasteiger charge is 2.13. The van der Waals surface area contributed by atoms with Gasteiger partial charge in [0.05, 0.1) is 12.7 Å². The largest absolute Gasteiger partial charge is 0.352 e. The van der Waals surface area contributed by atoms with E-state index in [1.807, 2.05) is 30.3 Å². The van der Waals surface area contributed by atoms with Gasteiger partial charge in [-0.05, 0) is 5.56 Å². The van der Waals surface area contributed by atoms with Crippen molar-refractivity contribution in [2.75, 3.05) is 7.05 Å². The van der Waals surface area contributed by atoms with E-state index in [-0.39, 0.29) is 11.5 Å². The van der Waals surface area contributed by atoms with Crippen molar-refractivity contribution in [3.05, 3.63) is 58.4 Å². The van der Waals surface area contributed by atoms with Crippen LogP contribution in [0.15, 0.2) is 41.3 Å². The number of rotatable bonds is 3. The van der Waals surface area contributed by atoms with E-state index in [0.29, 0.717) is 17.7 Å². The number of carbonyl (C=O) groups excluding carboxylic acids is 1. The summed E-state index contributed by atoms with van der Waals surface area (Å²) in [4.78, 5) is 34.2. The molecule has 21 heavy (non-hydrogen) atoms. The van der Waals surface area contributed by atoms with E-state index in [2.05, 4.69) is 20.3 Å². The van der Waals surface area contributed by atoms with Crippen LogP contribution < -0.4 is 11.0 Å². The molecular weight excluding hydrogens is 270 g/mol. The Morgan fingerprint density at radius 2 is 2.10 bits per heavy atom. The molecule has 2 aromatic heterocycles. The number of carbonyl (C=O) groups is 1. The lowest BCUT2D eigenvalue weighted by molar-refractivity contribution is 0.0953. The van der Waals surface area contributed by atoms with Crippen LogP contribution in [0, 0.1) is 0 Å². The molecular formula is C14H13N5O2. The number of imidazole rings is 1. The predicted octanol–water partition coefficient (Wildman–Crippen LogP) is 0.527. The number of aromatic amines is 1. The first-order valence-electron chi connectivity index (χ1n) is 6.40. The third kappa shape index (κ3) is 2.40. The van der Waals surface area contributed by atoms with E-state index < -0.39 is 5.91 Å². The van der Waals surface area contributed by atoms with Gasteiger partial charge in [0.15, 0.2) is 5.65 Å².